The van der Waals surface area contributed by atoms with E-state index in [2.05, 4.69) is 10.1 Å². The van der Waals surface area contributed by atoms with Crippen LogP contribution in [0.2, 0.25) is 5.02 Å². The lowest BCUT2D eigenvalue weighted by molar-refractivity contribution is -0.384. The number of carboxylic acids is 1. The Morgan fingerprint density at radius 3 is 2.23 bits per heavy atom. The van der Waals surface area contributed by atoms with E-state index in [-0.39, 0.29) is 28.6 Å². The van der Waals surface area contributed by atoms with Gasteiger partial charge in [-0.1, -0.05) is 53.2 Å². The van der Waals surface area contributed by atoms with Gasteiger partial charge in [0, 0.05) is 12.1 Å². The normalized spacial score (nSPS) is 11.7. The van der Waals surface area contributed by atoms with Crippen LogP contribution in [-0.4, -0.2) is 37.2 Å². The van der Waals surface area contributed by atoms with E-state index in [1.807, 2.05) is 0 Å². The Balaban J connectivity index is 1.66. The zero-order valence-corrected chi connectivity index (χ0v) is 22.7. The molecule has 216 valence electrons. The molecule has 0 aliphatic rings. The van der Waals surface area contributed by atoms with Crippen LogP contribution in [-0.2, 0) is 6.42 Å². The van der Waals surface area contributed by atoms with Crippen LogP contribution in [0.4, 0.5) is 10.1 Å². The van der Waals surface area contributed by atoms with Crippen LogP contribution < -0.4 is 5.73 Å². The summed E-state index contributed by atoms with van der Waals surface area (Å²) in [7, 11) is 0. The average Bonchev–Trinajstić information content (AvgIpc) is 3.48. The summed E-state index contributed by atoms with van der Waals surface area (Å²) >= 11 is 5.93. The average molecular weight is 603 g/mol. The molecule has 4 aromatic carbocycles. The number of aromatic carboxylic acids is 1. The minimum absolute atomic E-state index is 0.0350. The number of nitrogens with two attached hydrogens (primary N) is 1. The molecular formula is C30H20ClFN4O7. The Morgan fingerprint density at radius 2 is 1.65 bits per heavy atom. The predicted octanol–water partition coefficient (Wildman–Crippen LogP) is 5.98. The van der Waals surface area contributed by atoms with E-state index in [1.165, 1.54) is 48.5 Å². The number of non-ortho nitro benzene ring substituents is 1. The number of carbonyl (C=O) groups is 2. The van der Waals surface area contributed by atoms with Gasteiger partial charge in [0.15, 0.2) is 0 Å². The van der Waals surface area contributed by atoms with Gasteiger partial charge in [0.2, 0.25) is 5.89 Å². The van der Waals surface area contributed by atoms with Crippen LogP contribution >= 0.6 is 11.6 Å². The molecule has 0 aliphatic carbocycles. The van der Waals surface area contributed by atoms with Gasteiger partial charge in [-0.25, -0.2) is 9.18 Å². The van der Waals surface area contributed by atoms with E-state index in [9.17, 15) is 34.3 Å². The largest absolute Gasteiger partial charge is 0.507 e. The van der Waals surface area contributed by atoms with Crippen molar-refractivity contribution in [1.29, 1.82) is 0 Å². The summed E-state index contributed by atoms with van der Waals surface area (Å²) in [4.78, 5) is 39.0. The molecule has 0 bridgehead atoms. The summed E-state index contributed by atoms with van der Waals surface area (Å²) in [6, 6.07) is 19.4. The Labute approximate surface area is 247 Å². The Morgan fingerprint density at radius 1 is 1.00 bits per heavy atom. The summed E-state index contributed by atoms with van der Waals surface area (Å²) in [5.41, 5.74) is 7.53. The highest BCUT2D eigenvalue weighted by molar-refractivity contribution is 6.31. The van der Waals surface area contributed by atoms with Crippen LogP contribution in [0.3, 0.4) is 0 Å². The molecule has 0 radical (unpaired) electrons. The number of benzene rings is 4. The number of nitro groups is 1. The number of nitrogens with zero attached hydrogens (tertiary/aromatic N) is 3. The molecule has 0 aliphatic heterocycles. The number of nitro benzene ring substituents is 1. The van der Waals surface area contributed by atoms with Gasteiger partial charge in [0.25, 0.3) is 17.4 Å². The second kappa shape index (κ2) is 11.7. The summed E-state index contributed by atoms with van der Waals surface area (Å²) in [6.07, 6.45) is 0.0502. The van der Waals surface area contributed by atoms with Crippen molar-refractivity contribution in [3.63, 3.8) is 0 Å². The molecule has 5 rings (SSSR count). The lowest BCUT2D eigenvalue weighted by atomic mass is 9.82. The fourth-order valence-corrected chi connectivity index (χ4v) is 4.92. The summed E-state index contributed by atoms with van der Waals surface area (Å²) in [5, 5.41) is 35.6. The number of aromatic nitrogens is 2. The number of hydrogen-bond acceptors (Lipinski definition) is 8. The first-order valence-electron chi connectivity index (χ1n) is 12.5. The van der Waals surface area contributed by atoms with Gasteiger partial charge in [-0.3, -0.25) is 14.9 Å². The number of carbonyl (C=O) groups excluding carboxylic acids is 1. The molecule has 1 atom stereocenters. The molecule has 0 saturated carbocycles. The zero-order valence-electron chi connectivity index (χ0n) is 21.9. The van der Waals surface area contributed by atoms with Crippen molar-refractivity contribution in [2.24, 2.45) is 5.73 Å². The number of primary amides is 1. The third-order valence-corrected chi connectivity index (χ3v) is 7.07. The van der Waals surface area contributed by atoms with Crippen LogP contribution in [0.25, 0.3) is 22.3 Å². The van der Waals surface area contributed by atoms with E-state index >= 15 is 0 Å². The minimum atomic E-state index is -1.46. The molecule has 43 heavy (non-hydrogen) atoms. The fraction of sp³-hybridized carbons (Fsp3) is 0.0667. The van der Waals surface area contributed by atoms with Gasteiger partial charge in [0.1, 0.15) is 17.1 Å². The highest BCUT2D eigenvalue weighted by atomic mass is 35.5. The third kappa shape index (κ3) is 5.90. The number of phenols is 1. The molecule has 1 aromatic heterocycles. The number of carboxylic acid groups (broad SMARTS) is 1. The van der Waals surface area contributed by atoms with Crippen LogP contribution in [0.5, 0.6) is 5.75 Å². The van der Waals surface area contributed by atoms with Crippen molar-refractivity contribution in [2.45, 2.75) is 12.3 Å². The van der Waals surface area contributed by atoms with E-state index in [0.29, 0.717) is 22.3 Å². The molecular weight excluding hydrogens is 583 g/mol. The van der Waals surface area contributed by atoms with Crippen molar-refractivity contribution in [2.75, 3.05) is 0 Å². The molecule has 0 spiro atoms. The second-order valence-electron chi connectivity index (χ2n) is 9.43. The summed E-state index contributed by atoms with van der Waals surface area (Å²) in [6.45, 7) is 0. The third-order valence-electron chi connectivity index (χ3n) is 6.78. The molecule has 5 aromatic rings. The quantitative estimate of drug-likeness (QED) is 0.135. The Kier molecular flexibility index (Phi) is 7.86. The monoisotopic (exact) mass is 602 g/mol. The summed E-state index contributed by atoms with van der Waals surface area (Å²) < 4.78 is 19.0. The van der Waals surface area contributed by atoms with Crippen molar-refractivity contribution < 1.29 is 33.6 Å². The van der Waals surface area contributed by atoms with E-state index in [1.54, 1.807) is 30.3 Å². The molecule has 0 saturated heterocycles. The Hall–Kier alpha value is -5.62. The van der Waals surface area contributed by atoms with E-state index in [0.717, 1.165) is 5.56 Å². The van der Waals surface area contributed by atoms with Crippen molar-refractivity contribution in [3.05, 3.63) is 128 Å². The van der Waals surface area contributed by atoms with Crippen molar-refractivity contribution in [3.8, 4) is 28.0 Å². The van der Waals surface area contributed by atoms with Crippen LogP contribution in [0.15, 0.2) is 83.4 Å². The van der Waals surface area contributed by atoms with Gasteiger partial charge in [-0.15, -0.1) is 0 Å². The molecule has 0 fully saturated rings. The molecule has 1 heterocycles. The number of aromatic hydroxyl groups is 1. The highest BCUT2D eigenvalue weighted by Gasteiger charge is 2.32. The zero-order chi connectivity index (χ0) is 30.8. The van der Waals surface area contributed by atoms with Gasteiger partial charge in [-0.2, -0.15) is 4.98 Å². The maximum atomic E-state index is 13.7. The maximum absolute atomic E-state index is 13.7. The maximum Gasteiger partial charge on any atom is 0.339 e. The fourth-order valence-electron chi connectivity index (χ4n) is 4.74. The topological polar surface area (TPSA) is 183 Å². The van der Waals surface area contributed by atoms with E-state index < -0.39 is 45.7 Å². The molecule has 1 amide bonds. The van der Waals surface area contributed by atoms with Gasteiger partial charge in [-0.05, 0) is 70.1 Å². The van der Waals surface area contributed by atoms with Crippen molar-refractivity contribution >= 4 is 29.2 Å². The smallest absolute Gasteiger partial charge is 0.339 e. The van der Waals surface area contributed by atoms with Gasteiger partial charge < -0.3 is 20.5 Å². The molecule has 13 heteroatoms. The van der Waals surface area contributed by atoms with E-state index in [4.69, 9.17) is 21.9 Å². The minimum Gasteiger partial charge on any atom is -0.507 e. The standard InChI is InChI=1S/C30H20ClFN4O7/c31-22-14-18(7-11-23(22)32)16-3-1-15(2-4-16)13-21(29-34-28(27(33)38)35-43-29)25-20(10-12-24(37)26(25)30(39)40)17-5-8-19(9-6-17)36(41)42/h1-12,14,21,37H,13H2,(H2,33,38)(H,39,40)/t21-/m1/s1. The lowest BCUT2D eigenvalue weighted by Crippen LogP contribution is -2.15. The van der Waals surface area contributed by atoms with Gasteiger partial charge in [0.05, 0.1) is 15.9 Å². The first kappa shape index (κ1) is 28.9. The summed E-state index contributed by atoms with van der Waals surface area (Å²) in [5.74, 6) is -5.15. The van der Waals surface area contributed by atoms with Crippen LogP contribution in [0.1, 0.15) is 43.9 Å². The molecule has 0 unspecified atom stereocenters. The number of amides is 1. The first-order chi connectivity index (χ1) is 20.5. The number of rotatable bonds is 9. The predicted molar refractivity (Wildman–Crippen MR) is 152 cm³/mol. The number of hydrogen-bond donors (Lipinski definition) is 3. The number of halogens is 2. The lowest BCUT2D eigenvalue weighted by Gasteiger charge is -2.21. The van der Waals surface area contributed by atoms with Crippen molar-refractivity contribution in [1.82, 2.24) is 10.1 Å². The van der Waals surface area contributed by atoms with Crippen LogP contribution in [0, 0.1) is 15.9 Å². The highest BCUT2D eigenvalue weighted by Crippen LogP contribution is 2.41. The second-order valence-corrected chi connectivity index (χ2v) is 9.84. The molecule has 4 N–H and O–H groups in total. The first-order valence-corrected chi connectivity index (χ1v) is 12.9. The SMILES string of the molecule is NC(=O)c1noc([C@H](Cc2ccc(-c3ccc(F)c(Cl)c3)cc2)c2c(-c3ccc([N+](=O)[O-])cc3)ccc(O)c2C(=O)O)n1. The Bertz CT molecular complexity index is 1880. The molecule has 11 nitrogen and oxygen atoms in total. The van der Waals surface area contributed by atoms with Gasteiger partial charge >= 0.3 is 5.97 Å².